The first-order valence-electron chi connectivity index (χ1n) is 7.61. The molecule has 0 N–H and O–H groups in total. The summed E-state index contributed by atoms with van der Waals surface area (Å²) in [5.74, 6) is 0.445. The van der Waals surface area contributed by atoms with Crippen molar-refractivity contribution in [3.05, 3.63) is 35.4 Å². The van der Waals surface area contributed by atoms with Crippen LogP contribution >= 0.6 is 0 Å². The van der Waals surface area contributed by atoms with Crippen molar-refractivity contribution in [2.45, 2.75) is 38.5 Å². The fourth-order valence-electron chi connectivity index (χ4n) is 2.84. The van der Waals surface area contributed by atoms with E-state index in [1.54, 1.807) is 0 Å². The number of hydrogen-bond donors (Lipinski definition) is 0. The third-order valence-electron chi connectivity index (χ3n) is 4.11. The Morgan fingerprint density at radius 2 is 1.81 bits per heavy atom. The Morgan fingerprint density at radius 1 is 1.19 bits per heavy atom. The highest BCUT2D eigenvalue weighted by molar-refractivity contribution is 5.89. The van der Waals surface area contributed by atoms with Gasteiger partial charge in [0.2, 0.25) is 5.91 Å². The lowest BCUT2D eigenvalue weighted by Crippen LogP contribution is -2.37. The molecule has 1 fully saturated rings. The molecule has 0 radical (unpaired) electrons. The third kappa shape index (κ3) is 3.84. The molecular formula is C17H23NO3. The lowest BCUT2D eigenvalue weighted by molar-refractivity contribution is -0.132. The van der Waals surface area contributed by atoms with E-state index in [1.165, 1.54) is 12.7 Å². The second kappa shape index (κ2) is 7.25. The fraction of sp³-hybridized carbons (Fsp3) is 0.529. The number of amides is 1. The van der Waals surface area contributed by atoms with Crippen LogP contribution in [0.2, 0.25) is 0 Å². The number of benzene rings is 1. The van der Waals surface area contributed by atoms with Crippen LogP contribution < -0.4 is 0 Å². The van der Waals surface area contributed by atoms with E-state index in [4.69, 9.17) is 4.74 Å². The Morgan fingerprint density at radius 3 is 2.33 bits per heavy atom. The number of carbonyl (C=O) groups excluding carboxylic acids is 2. The van der Waals surface area contributed by atoms with Gasteiger partial charge in [0, 0.05) is 19.5 Å². The second-order valence-electron chi connectivity index (χ2n) is 5.52. The van der Waals surface area contributed by atoms with Gasteiger partial charge in [0.05, 0.1) is 12.7 Å². The molecule has 21 heavy (non-hydrogen) atoms. The lowest BCUT2D eigenvalue weighted by Gasteiger charge is -2.32. The molecule has 4 heteroatoms. The maximum absolute atomic E-state index is 11.9. The van der Waals surface area contributed by atoms with Crippen LogP contribution in [0.25, 0.3) is 0 Å². The maximum Gasteiger partial charge on any atom is 0.337 e. The number of hydrogen-bond acceptors (Lipinski definition) is 3. The highest BCUT2D eigenvalue weighted by Gasteiger charge is 2.23. The average Bonchev–Trinajstić information content (AvgIpc) is 2.54. The van der Waals surface area contributed by atoms with Gasteiger partial charge in [-0.1, -0.05) is 19.1 Å². The van der Waals surface area contributed by atoms with Crippen molar-refractivity contribution in [3.8, 4) is 0 Å². The summed E-state index contributed by atoms with van der Waals surface area (Å²) in [5, 5.41) is 0. The summed E-state index contributed by atoms with van der Waals surface area (Å²) in [4.78, 5) is 25.3. The molecule has 1 aliphatic rings. The van der Waals surface area contributed by atoms with Gasteiger partial charge in [-0.25, -0.2) is 4.79 Å². The molecule has 1 heterocycles. The number of ether oxygens (including phenoxy) is 1. The van der Waals surface area contributed by atoms with E-state index in [2.05, 4.69) is 0 Å². The number of methoxy groups -OCH3 is 1. The molecule has 1 aromatic rings. The molecule has 114 valence electrons. The first-order chi connectivity index (χ1) is 10.2. The first kappa shape index (κ1) is 15.5. The first-order valence-corrected chi connectivity index (χ1v) is 7.61. The number of piperidine rings is 1. The summed E-state index contributed by atoms with van der Waals surface area (Å²) in [5.41, 5.74) is 1.82. The Kier molecular flexibility index (Phi) is 5.37. The molecule has 0 unspecified atom stereocenters. The van der Waals surface area contributed by atoms with E-state index < -0.39 is 0 Å². The van der Waals surface area contributed by atoms with Crippen LogP contribution in [0, 0.1) is 0 Å². The second-order valence-corrected chi connectivity index (χ2v) is 5.52. The van der Waals surface area contributed by atoms with Crippen LogP contribution in [0.4, 0.5) is 0 Å². The van der Waals surface area contributed by atoms with Crippen LogP contribution in [0.1, 0.15) is 54.4 Å². The number of nitrogens with zero attached hydrogens (tertiary/aromatic N) is 1. The summed E-state index contributed by atoms with van der Waals surface area (Å²) in [7, 11) is 1.39. The van der Waals surface area contributed by atoms with Gasteiger partial charge in [0.1, 0.15) is 0 Å². The van der Waals surface area contributed by atoms with Gasteiger partial charge < -0.3 is 9.64 Å². The molecule has 0 atom stereocenters. The van der Waals surface area contributed by atoms with E-state index in [0.717, 1.165) is 32.4 Å². The van der Waals surface area contributed by atoms with E-state index >= 15 is 0 Å². The molecule has 1 aliphatic heterocycles. The van der Waals surface area contributed by atoms with Gasteiger partial charge in [-0.05, 0) is 42.9 Å². The van der Waals surface area contributed by atoms with Crippen molar-refractivity contribution in [3.63, 3.8) is 0 Å². The zero-order chi connectivity index (χ0) is 15.2. The Hall–Kier alpha value is -1.84. The molecule has 4 nitrogen and oxygen atoms in total. The van der Waals surface area contributed by atoms with Gasteiger partial charge in [-0.3, -0.25) is 4.79 Å². The van der Waals surface area contributed by atoms with E-state index in [9.17, 15) is 9.59 Å². The topological polar surface area (TPSA) is 46.6 Å². The normalized spacial score (nSPS) is 15.8. The van der Waals surface area contributed by atoms with Gasteiger partial charge in [-0.2, -0.15) is 0 Å². The predicted octanol–water partition coefficient (Wildman–Crippen LogP) is 2.98. The number of esters is 1. The Labute approximate surface area is 126 Å². The monoisotopic (exact) mass is 289 g/mol. The van der Waals surface area contributed by atoms with E-state index in [-0.39, 0.29) is 11.9 Å². The molecular weight excluding hydrogens is 266 g/mol. The van der Waals surface area contributed by atoms with Crippen molar-refractivity contribution >= 4 is 11.9 Å². The quantitative estimate of drug-likeness (QED) is 0.801. The zero-order valence-electron chi connectivity index (χ0n) is 12.8. The van der Waals surface area contributed by atoms with E-state index in [1.807, 2.05) is 36.1 Å². The molecule has 0 aromatic heterocycles. The summed E-state index contributed by atoms with van der Waals surface area (Å²) >= 11 is 0. The van der Waals surface area contributed by atoms with Gasteiger partial charge in [-0.15, -0.1) is 0 Å². The van der Waals surface area contributed by atoms with Gasteiger partial charge >= 0.3 is 5.97 Å². The minimum Gasteiger partial charge on any atom is -0.465 e. The zero-order valence-corrected chi connectivity index (χ0v) is 12.8. The minimum absolute atomic E-state index is 0.275. The standard InChI is InChI=1S/C17H23NO3/c1-3-4-16(19)18-11-9-14(10-12-18)13-5-7-15(8-6-13)17(20)21-2/h5-8,14H,3-4,9-12H2,1-2H3. The van der Waals surface area contributed by atoms with Crippen molar-refractivity contribution in [2.24, 2.45) is 0 Å². The highest BCUT2D eigenvalue weighted by atomic mass is 16.5. The summed E-state index contributed by atoms with van der Waals surface area (Å²) in [6.07, 6.45) is 3.55. The van der Waals surface area contributed by atoms with Crippen LogP contribution in [0.3, 0.4) is 0 Å². The molecule has 0 spiro atoms. The number of carbonyl (C=O) groups is 2. The van der Waals surface area contributed by atoms with Crippen LogP contribution in [-0.2, 0) is 9.53 Å². The van der Waals surface area contributed by atoms with Gasteiger partial charge in [0.25, 0.3) is 0 Å². The molecule has 2 rings (SSSR count). The van der Waals surface area contributed by atoms with Crippen LogP contribution in [-0.4, -0.2) is 37.0 Å². The highest BCUT2D eigenvalue weighted by Crippen LogP contribution is 2.28. The summed E-state index contributed by atoms with van der Waals surface area (Å²) in [6.45, 7) is 3.71. The number of likely N-dealkylation sites (tertiary alicyclic amines) is 1. The minimum atomic E-state index is -0.304. The van der Waals surface area contributed by atoms with E-state index in [0.29, 0.717) is 17.9 Å². The fourth-order valence-corrected chi connectivity index (χ4v) is 2.84. The number of rotatable bonds is 4. The Balaban J connectivity index is 1.93. The SMILES string of the molecule is CCCC(=O)N1CCC(c2ccc(C(=O)OC)cc2)CC1. The van der Waals surface area contributed by atoms with Crippen molar-refractivity contribution in [1.29, 1.82) is 0 Å². The molecule has 1 aromatic carbocycles. The average molecular weight is 289 g/mol. The van der Waals surface area contributed by atoms with Crippen LogP contribution in [0.5, 0.6) is 0 Å². The predicted molar refractivity (Wildman–Crippen MR) is 81.2 cm³/mol. The molecule has 0 saturated carbocycles. The van der Waals surface area contributed by atoms with Gasteiger partial charge in [0.15, 0.2) is 0 Å². The third-order valence-corrected chi connectivity index (χ3v) is 4.11. The smallest absolute Gasteiger partial charge is 0.337 e. The summed E-state index contributed by atoms with van der Waals surface area (Å²) in [6, 6.07) is 7.63. The van der Waals surface area contributed by atoms with Crippen LogP contribution in [0.15, 0.2) is 24.3 Å². The molecule has 0 bridgehead atoms. The maximum atomic E-state index is 11.9. The van der Waals surface area contributed by atoms with Crippen molar-refractivity contribution in [2.75, 3.05) is 20.2 Å². The molecule has 0 aliphatic carbocycles. The lowest BCUT2D eigenvalue weighted by atomic mass is 9.89. The summed E-state index contributed by atoms with van der Waals surface area (Å²) < 4.78 is 4.70. The molecule has 1 saturated heterocycles. The molecule has 1 amide bonds. The van der Waals surface area contributed by atoms with Crippen molar-refractivity contribution in [1.82, 2.24) is 4.90 Å². The Bertz CT molecular complexity index is 487. The largest absolute Gasteiger partial charge is 0.465 e. The van der Waals surface area contributed by atoms with Crippen molar-refractivity contribution < 1.29 is 14.3 Å².